The van der Waals surface area contributed by atoms with Crippen molar-refractivity contribution in [3.63, 3.8) is 0 Å². The van der Waals surface area contributed by atoms with Crippen molar-refractivity contribution >= 4 is 11.8 Å². The fourth-order valence-corrected chi connectivity index (χ4v) is 3.20. The van der Waals surface area contributed by atoms with Gasteiger partial charge in [0.1, 0.15) is 0 Å². The van der Waals surface area contributed by atoms with Gasteiger partial charge in [-0.25, -0.2) is 0 Å². The van der Waals surface area contributed by atoms with Crippen LogP contribution in [0.1, 0.15) is 43.1 Å². The van der Waals surface area contributed by atoms with Crippen LogP contribution in [0.15, 0.2) is 28.7 Å². The van der Waals surface area contributed by atoms with Gasteiger partial charge in [0, 0.05) is 37.5 Å². The van der Waals surface area contributed by atoms with Crippen LogP contribution in [0.5, 0.6) is 0 Å². The van der Waals surface area contributed by atoms with E-state index >= 15 is 0 Å². The Kier molecular flexibility index (Phi) is 4.31. The maximum absolute atomic E-state index is 11.7. The van der Waals surface area contributed by atoms with E-state index in [1.807, 2.05) is 24.3 Å². The van der Waals surface area contributed by atoms with Gasteiger partial charge in [-0.2, -0.15) is 0 Å². The molecule has 0 spiro atoms. The molecule has 2 amide bonds. The first-order valence-electron chi connectivity index (χ1n) is 8.54. The zero-order valence-electron chi connectivity index (χ0n) is 13.8. The number of rotatable bonds is 4. The fourth-order valence-electron chi connectivity index (χ4n) is 3.20. The summed E-state index contributed by atoms with van der Waals surface area (Å²) in [7, 11) is 0. The predicted octanol–water partition coefficient (Wildman–Crippen LogP) is 2.28. The molecule has 2 fully saturated rings. The lowest BCUT2D eigenvalue weighted by Gasteiger charge is -2.18. The molecule has 2 aliphatic rings. The first-order valence-corrected chi connectivity index (χ1v) is 8.54. The Morgan fingerprint density at radius 1 is 1.00 bits per heavy atom. The molecule has 0 radical (unpaired) electrons. The summed E-state index contributed by atoms with van der Waals surface area (Å²) in [4.78, 5) is 24.7. The molecular weight excluding hydrogens is 322 g/mol. The number of carbonyl (C=O) groups is 2. The van der Waals surface area contributed by atoms with Gasteiger partial charge in [-0.05, 0) is 30.5 Å². The second-order valence-corrected chi connectivity index (χ2v) is 6.40. The third kappa shape index (κ3) is 3.32. The van der Waals surface area contributed by atoms with Gasteiger partial charge < -0.3 is 9.15 Å². The molecule has 2 aromatic rings. The largest absolute Gasteiger partial charge is 0.420 e. The topological polar surface area (TPSA) is 85.5 Å². The zero-order chi connectivity index (χ0) is 17.2. The van der Waals surface area contributed by atoms with Crippen molar-refractivity contribution in [3.8, 4) is 11.5 Å². The van der Waals surface area contributed by atoms with E-state index in [0.717, 1.165) is 37.2 Å². The number of ether oxygens (including phenoxy) is 1. The van der Waals surface area contributed by atoms with Crippen LogP contribution in [0.2, 0.25) is 0 Å². The van der Waals surface area contributed by atoms with E-state index < -0.39 is 0 Å². The molecule has 2 saturated heterocycles. The first-order chi connectivity index (χ1) is 12.2. The molecule has 0 aliphatic carbocycles. The van der Waals surface area contributed by atoms with Gasteiger partial charge in [0.15, 0.2) is 0 Å². The molecule has 7 nitrogen and oxygen atoms in total. The molecular formula is C18H19N3O4. The lowest BCUT2D eigenvalue weighted by Crippen LogP contribution is -2.28. The highest BCUT2D eigenvalue weighted by Gasteiger charge is 2.28. The highest BCUT2D eigenvalue weighted by molar-refractivity contribution is 6.01. The second-order valence-electron chi connectivity index (χ2n) is 6.40. The highest BCUT2D eigenvalue weighted by Crippen LogP contribution is 2.28. The van der Waals surface area contributed by atoms with E-state index in [2.05, 4.69) is 10.2 Å². The number of benzene rings is 1. The van der Waals surface area contributed by atoms with Crippen molar-refractivity contribution in [2.45, 2.75) is 38.1 Å². The van der Waals surface area contributed by atoms with E-state index in [4.69, 9.17) is 9.15 Å². The Bertz CT molecular complexity index is 762. The quantitative estimate of drug-likeness (QED) is 0.793. The first kappa shape index (κ1) is 16.0. The Morgan fingerprint density at radius 2 is 1.68 bits per heavy atom. The van der Waals surface area contributed by atoms with Gasteiger partial charge in [0.25, 0.3) is 0 Å². The zero-order valence-corrected chi connectivity index (χ0v) is 13.8. The summed E-state index contributed by atoms with van der Waals surface area (Å²) in [6.07, 6.45) is 2.43. The van der Waals surface area contributed by atoms with E-state index in [-0.39, 0.29) is 17.7 Å². The van der Waals surface area contributed by atoms with Crippen LogP contribution in [-0.2, 0) is 20.9 Å². The molecule has 3 heterocycles. The van der Waals surface area contributed by atoms with E-state index in [0.29, 0.717) is 31.2 Å². The number of likely N-dealkylation sites (tertiary alicyclic amines) is 1. The fraction of sp³-hybridized carbons (Fsp3) is 0.444. The molecule has 0 bridgehead atoms. The van der Waals surface area contributed by atoms with E-state index in [9.17, 15) is 9.59 Å². The van der Waals surface area contributed by atoms with Crippen molar-refractivity contribution in [2.75, 3.05) is 13.2 Å². The van der Waals surface area contributed by atoms with E-state index in [1.165, 1.54) is 4.90 Å². The summed E-state index contributed by atoms with van der Waals surface area (Å²) in [6, 6.07) is 7.52. The Labute approximate surface area is 145 Å². The van der Waals surface area contributed by atoms with Gasteiger partial charge in [0.05, 0.1) is 6.54 Å². The number of hydrogen-bond acceptors (Lipinski definition) is 6. The third-order valence-corrected chi connectivity index (χ3v) is 4.71. The van der Waals surface area contributed by atoms with Gasteiger partial charge in [-0.1, -0.05) is 12.1 Å². The molecule has 0 saturated carbocycles. The minimum absolute atomic E-state index is 0.105. The Balaban J connectivity index is 1.46. The van der Waals surface area contributed by atoms with Gasteiger partial charge in [0.2, 0.25) is 23.6 Å². The normalized spacial score (nSPS) is 19.0. The number of nitrogens with zero attached hydrogens (tertiary/aromatic N) is 3. The predicted molar refractivity (Wildman–Crippen MR) is 87.3 cm³/mol. The maximum Gasteiger partial charge on any atom is 0.247 e. The summed E-state index contributed by atoms with van der Waals surface area (Å²) in [5.41, 5.74) is 1.73. The average Bonchev–Trinajstić information content (AvgIpc) is 3.26. The molecule has 4 rings (SSSR count). The van der Waals surface area contributed by atoms with Crippen molar-refractivity contribution in [2.24, 2.45) is 0 Å². The van der Waals surface area contributed by atoms with Crippen LogP contribution in [-0.4, -0.2) is 40.1 Å². The molecule has 25 heavy (non-hydrogen) atoms. The molecule has 0 N–H and O–H groups in total. The SMILES string of the molecule is O=C1CCC(=O)N1Cc1ccc(-c2nnc(C3CCOCC3)o2)cc1. The molecule has 0 atom stereocenters. The average molecular weight is 341 g/mol. The van der Waals surface area contributed by atoms with Crippen LogP contribution in [0.4, 0.5) is 0 Å². The van der Waals surface area contributed by atoms with Crippen molar-refractivity contribution in [1.82, 2.24) is 15.1 Å². The van der Waals surface area contributed by atoms with Crippen LogP contribution >= 0.6 is 0 Å². The van der Waals surface area contributed by atoms with E-state index in [1.54, 1.807) is 0 Å². The van der Waals surface area contributed by atoms with Crippen LogP contribution in [0, 0.1) is 0 Å². The number of aromatic nitrogens is 2. The summed E-state index contributed by atoms with van der Waals surface area (Å²) >= 11 is 0. The molecule has 1 aromatic heterocycles. The lowest BCUT2D eigenvalue weighted by atomic mass is 10.0. The summed E-state index contributed by atoms with van der Waals surface area (Å²) in [5.74, 6) is 1.21. The summed E-state index contributed by atoms with van der Waals surface area (Å²) in [5, 5.41) is 8.31. The van der Waals surface area contributed by atoms with Crippen molar-refractivity contribution in [3.05, 3.63) is 35.7 Å². The number of amides is 2. The smallest absolute Gasteiger partial charge is 0.247 e. The monoisotopic (exact) mass is 341 g/mol. The van der Waals surface area contributed by atoms with Crippen LogP contribution < -0.4 is 0 Å². The van der Waals surface area contributed by atoms with Gasteiger partial charge >= 0.3 is 0 Å². The van der Waals surface area contributed by atoms with Crippen molar-refractivity contribution in [1.29, 1.82) is 0 Å². The number of carbonyl (C=O) groups excluding carboxylic acids is 2. The minimum atomic E-state index is -0.105. The second kappa shape index (κ2) is 6.76. The number of imide groups is 1. The van der Waals surface area contributed by atoms with Crippen molar-refractivity contribution < 1.29 is 18.7 Å². The number of hydrogen-bond donors (Lipinski definition) is 0. The molecule has 7 heteroatoms. The lowest BCUT2D eigenvalue weighted by molar-refractivity contribution is -0.139. The molecule has 1 aromatic carbocycles. The third-order valence-electron chi connectivity index (χ3n) is 4.71. The van der Waals surface area contributed by atoms with Crippen LogP contribution in [0.3, 0.4) is 0 Å². The van der Waals surface area contributed by atoms with Crippen LogP contribution in [0.25, 0.3) is 11.5 Å². The van der Waals surface area contributed by atoms with Gasteiger partial charge in [-0.15, -0.1) is 10.2 Å². The summed E-state index contributed by atoms with van der Waals surface area (Å²) < 4.78 is 11.2. The molecule has 0 unspecified atom stereocenters. The Morgan fingerprint density at radius 3 is 2.36 bits per heavy atom. The van der Waals surface area contributed by atoms with Gasteiger partial charge in [-0.3, -0.25) is 14.5 Å². The molecule has 2 aliphatic heterocycles. The Hall–Kier alpha value is -2.54. The molecule has 130 valence electrons. The maximum atomic E-state index is 11.7. The summed E-state index contributed by atoms with van der Waals surface area (Å²) in [6.45, 7) is 1.77. The standard InChI is InChI=1S/C18H19N3O4/c22-15-5-6-16(23)21(15)11-12-1-3-13(4-2-12)17-19-20-18(25-17)14-7-9-24-10-8-14/h1-4,14H,5-11H2. The minimum Gasteiger partial charge on any atom is -0.420 e. The highest BCUT2D eigenvalue weighted by atomic mass is 16.5.